The molecule has 0 aliphatic heterocycles. The average Bonchev–Trinajstić information content (AvgIpc) is 2.62. The maximum Gasteiger partial charge on any atom is 0.142 e. The average molecular weight is 302 g/mol. The molecule has 4 nitrogen and oxygen atoms in total. The number of aryl methyl sites for hydroxylation is 1. The van der Waals surface area contributed by atoms with Crippen molar-refractivity contribution in [1.82, 2.24) is 15.0 Å². The van der Waals surface area contributed by atoms with Crippen molar-refractivity contribution >= 4 is 5.82 Å². The fraction of sp³-hybridized carbons (Fsp3) is 0.211. The molecular formula is C19H18N4. The molecule has 1 aliphatic carbocycles. The van der Waals surface area contributed by atoms with Gasteiger partial charge in [-0.05, 0) is 30.9 Å². The molecule has 114 valence electrons. The molecule has 2 aromatic heterocycles. The predicted molar refractivity (Wildman–Crippen MR) is 90.9 cm³/mol. The van der Waals surface area contributed by atoms with Gasteiger partial charge < -0.3 is 5.73 Å². The summed E-state index contributed by atoms with van der Waals surface area (Å²) in [6.07, 6.45) is 6.53. The highest BCUT2D eigenvalue weighted by molar-refractivity contribution is 5.63. The van der Waals surface area contributed by atoms with Crippen LogP contribution in [0.25, 0.3) is 11.3 Å². The number of benzene rings is 1. The third kappa shape index (κ3) is 2.68. The molecule has 0 fully saturated rings. The second kappa shape index (κ2) is 5.80. The van der Waals surface area contributed by atoms with Gasteiger partial charge in [-0.1, -0.05) is 36.4 Å². The van der Waals surface area contributed by atoms with Gasteiger partial charge in [0.2, 0.25) is 0 Å². The molecule has 0 spiro atoms. The van der Waals surface area contributed by atoms with E-state index in [0.29, 0.717) is 11.7 Å². The van der Waals surface area contributed by atoms with Gasteiger partial charge >= 0.3 is 0 Å². The van der Waals surface area contributed by atoms with E-state index in [1.807, 2.05) is 30.5 Å². The monoisotopic (exact) mass is 302 g/mol. The highest BCUT2D eigenvalue weighted by Gasteiger charge is 2.25. The minimum atomic E-state index is 0.356. The number of hydrogen-bond donors (Lipinski definition) is 1. The van der Waals surface area contributed by atoms with Crippen LogP contribution in [0.4, 0.5) is 5.82 Å². The Labute approximate surface area is 135 Å². The Kier molecular flexibility index (Phi) is 3.50. The van der Waals surface area contributed by atoms with Crippen LogP contribution < -0.4 is 5.73 Å². The number of anilines is 1. The summed E-state index contributed by atoms with van der Waals surface area (Å²) < 4.78 is 0. The number of fused-ring (bicyclic) bond motifs is 1. The summed E-state index contributed by atoms with van der Waals surface area (Å²) in [6, 6.07) is 14.3. The first-order chi connectivity index (χ1) is 11.3. The molecule has 1 unspecified atom stereocenters. The molecule has 0 radical (unpaired) electrons. The topological polar surface area (TPSA) is 64.7 Å². The van der Waals surface area contributed by atoms with E-state index in [1.54, 1.807) is 6.20 Å². The minimum absolute atomic E-state index is 0.356. The van der Waals surface area contributed by atoms with E-state index in [1.165, 1.54) is 11.3 Å². The molecule has 4 rings (SSSR count). The van der Waals surface area contributed by atoms with Gasteiger partial charge in [0.15, 0.2) is 0 Å². The van der Waals surface area contributed by atoms with Gasteiger partial charge in [0, 0.05) is 23.4 Å². The van der Waals surface area contributed by atoms with Gasteiger partial charge in [0.25, 0.3) is 0 Å². The van der Waals surface area contributed by atoms with E-state index >= 15 is 0 Å². The van der Waals surface area contributed by atoms with Crippen LogP contribution in [0.5, 0.6) is 0 Å². The van der Waals surface area contributed by atoms with Crippen LogP contribution in [0.1, 0.15) is 29.3 Å². The lowest BCUT2D eigenvalue weighted by Crippen LogP contribution is -2.16. The maximum atomic E-state index is 5.89. The molecule has 1 aliphatic rings. The highest BCUT2D eigenvalue weighted by atomic mass is 14.9. The van der Waals surface area contributed by atoms with E-state index in [0.717, 1.165) is 36.2 Å². The SMILES string of the molecule is Nc1cnc(C2CCc3ncccc3C2)c(-c2ccccc2)n1. The number of nitrogens with two attached hydrogens (primary N) is 1. The zero-order valence-corrected chi connectivity index (χ0v) is 12.8. The lowest BCUT2D eigenvalue weighted by Gasteiger charge is -2.24. The first-order valence-corrected chi connectivity index (χ1v) is 7.92. The second-order valence-electron chi connectivity index (χ2n) is 5.94. The quantitative estimate of drug-likeness (QED) is 0.788. The van der Waals surface area contributed by atoms with Gasteiger partial charge in [-0.3, -0.25) is 9.97 Å². The van der Waals surface area contributed by atoms with Crippen LogP contribution in [-0.4, -0.2) is 15.0 Å². The van der Waals surface area contributed by atoms with E-state index in [4.69, 9.17) is 5.73 Å². The van der Waals surface area contributed by atoms with Gasteiger partial charge in [0.1, 0.15) is 5.82 Å². The largest absolute Gasteiger partial charge is 0.382 e. The molecular weight excluding hydrogens is 284 g/mol. The van der Waals surface area contributed by atoms with Crippen LogP contribution in [0.2, 0.25) is 0 Å². The summed E-state index contributed by atoms with van der Waals surface area (Å²) >= 11 is 0. The van der Waals surface area contributed by atoms with Gasteiger partial charge in [-0.15, -0.1) is 0 Å². The van der Waals surface area contributed by atoms with Gasteiger partial charge in [-0.25, -0.2) is 4.98 Å². The van der Waals surface area contributed by atoms with Gasteiger partial charge in [-0.2, -0.15) is 0 Å². The highest BCUT2D eigenvalue weighted by Crippen LogP contribution is 2.35. The van der Waals surface area contributed by atoms with E-state index in [2.05, 4.69) is 33.2 Å². The van der Waals surface area contributed by atoms with Crippen LogP contribution in [0.3, 0.4) is 0 Å². The van der Waals surface area contributed by atoms with Crippen LogP contribution >= 0.6 is 0 Å². The zero-order valence-electron chi connectivity index (χ0n) is 12.8. The summed E-state index contributed by atoms with van der Waals surface area (Å²) in [5.41, 5.74) is 11.4. The van der Waals surface area contributed by atoms with E-state index < -0.39 is 0 Å². The van der Waals surface area contributed by atoms with Crippen molar-refractivity contribution in [3.05, 3.63) is 71.8 Å². The van der Waals surface area contributed by atoms with Crippen molar-refractivity contribution in [2.45, 2.75) is 25.2 Å². The summed E-state index contributed by atoms with van der Waals surface area (Å²) in [4.78, 5) is 13.7. The van der Waals surface area contributed by atoms with E-state index in [-0.39, 0.29) is 0 Å². The molecule has 1 atom stereocenters. The zero-order chi connectivity index (χ0) is 15.6. The molecule has 1 aromatic carbocycles. The minimum Gasteiger partial charge on any atom is -0.382 e. The first-order valence-electron chi connectivity index (χ1n) is 7.92. The Hall–Kier alpha value is -2.75. The summed E-state index contributed by atoms with van der Waals surface area (Å²) in [6.45, 7) is 0. The Morgan fingerprint density at radius 2 is 1.87 bits per heavy atom. The van der Waals surface area contributed by atoms with Crippen molar-refractivity contribution in [1.29, 1.82) is 0 Å². The molecule has 3 aromatic rings. The third-order valence-electron chi connectivity index (χ3n) is 4.43. The Bertz CT molecular complexity index is 830. The molecule has 4 heteroatoms. The molecule has 0 saturated heterocycles. The third-order valence-corrected chi connectivity index (χ3v) is 4.43. The van der Waals surface area contributed by atoms with Crippen LogP contribution in [-0.2, 0) is 12.8 Å². The number of rotatable bonds is 2. The van der Waals surface area contributed by atoms with Crippen molar-refractivity contribution < 1.29 is 0 Å². The molecule has 2 heterocycles. The Morgan fingerprint density at radius 3 is 2.74 bits per heavy atom. The first kappa shape index (κ1) is 13.9. The van der Waals surface area contributed by atoms with Gasteiger partial charge in [0.05, 0.1) is 17.6 Å². The lowest BCUT2D eigenvalue weighted by atomic mass is 9.83. The fourth-order valence-corrected chi connectivity index (χ4v) is 3.31. The molecule has 0 saturated carbocycles. The maximum absolute atomic E-state index is 5.89. The summed E-state index contributed by atoms with van der Waals surface area (Å²) in [5, 5.41) is 0. The summed E-state index contributed by atoms with van der Waals surface area (Å²) in [5.74, 6) is 0.820. The van der Waals surface area contributed by atoms with Crippen molar-refractivity contribution in [3.8, 4) is 11.3 Å². The Balaban J connectivity index is 1.76. The molecule has 2 N–H and O–H groups in total. The van der Waals surface area contributed by atoms with Crippen molar-refractivity contribution in [3.63, 3.8) is 0 Å². The number of aromatic nitrogens is 3. The number of nitrogen functional groups attached to an aromatic ring is 1. The number of hydrogen-bond acceptors (Lipinski definition) is 4. The fourth-order valence-electron chi connectivity index (χ4n) is 3.31. The Morgan fingerprint density at radius 1 is 1.00 bits per heavy atom. The normalized spacial score (nSPS) is 16.8. The molecule has 0 amide bonds. The lowest BCUT2D eigenvalue weighted by molar-refractivity contribution is 0.561. The predicted octanol–water partition coefficient (Wildman–Crippen LogP) is 3.39. The summed E-state index contributed by atoms with van der Waals surface area (Å²) in [7, 11) is 0. The molecule has 0 bridgehead atoms. The van der Waals surface area contributed by atoms with Crippen molar-refractivity contribution in [2.75, 3.05) is 5.73 Å². The van der Waals surface area contributed by atoms with Crippen LogP contribution in [0.15, 0.2) is 54.9 Å². The smallest absolute Gasteiger partial charge is 0.142 e. The number of pyridine rings is 1. The van der Waals surface area contributed by atoms with Crippen LogP contribution in [0, 0.1) is 0 Å². The molecule has 23 heavy (non-hydrogen) atoms. The number of nitrogens with zero attached hydrogens (tertiary/aromatic N) is 3. The van der Waals surface area contributed by atoms with E-state index in [9.17, 15) is 0 Å². The standard InChI is InChI=1S/C19H18N4/c20-17-12-22-18(19(23-17)13-5-2-1-3-6-13)15-8-9-16-14(11-15)7-4-10-21-16/h1-7,10,12,15H,8-9,11H2,(H2,20,23). The second-order valence-corrected chi connectivity index (χ2v) is 5.94. The van der Waals surface area contributed by atoms with Crippen molar-refractivity contribution in [2.24, 2.45) is 0 Å².